The number of aromatic nitrogens is 1. The molecule has 0 spiro atoms. The van der Waals surface area contributed by atoms with Crippen LogP contribution in [-0.4, -0.2) is 10.9 Å². The van der Waals surface area contributed by atoms with Crippen molar-refractivity contribution in [1.29, 1.82) is 0 Å². The second-order valence-corrected chi connectivity index (χ2v) is 4.76. The van der Waals surface area contributed by atoms with E-state index >= 15 is 0 Å². The Labute approximate surface area is 117 Å². The van der Waals surface area contributed by atoms with Gasteiger partial charge in [0.05, 0.1) is 0 Å². The van der Waals surface area contributed by atoms with Gasteiger partial charge in [0.2, 0.25) is 0 Å². The van der Waals surface area contributed by atoms with Crippen LogP contribution < -0.4 is 5.32 Å². The summed E-state index contributed by atoms with van der Waals surface area (Å²) in [6.07, 6.45) is 3.51. The van der Waals surface area contributed by atoms with Gasteiger partial charge in [-0.1, -0.05) is 23.8 Å². The first-order valence-electron chi connectivity index (χ1n) is 6.44. The maximum absolute atomic E-state index is 12.2. The van der Waals surface area contributed by atoms with Gasteiger partial charge < -0.3 is 5.32 Å². The fourth-order valence-corrected chi connectivity index (χ4v) is 2.06. The predicted molar refractivity (Wildman–Crippen MR) is 80.9 cm³/mol. The number of amides is 1. The molecule has 0 unspecified atom stereocenters. The number of rotatable bonds is 2. The van der Waals surface area contributed by atoms with Crippen molar-refractivity contribution in [1.82, 2.24) is 4.98 Å². The number of benzene rings is 2. The Morgan fingerprint density at radius 2 is 1.80 bits per heavy atom. The lowest BCUT2D eigenvalue weighted by molar-refractivity contribution is 0.102. The fraction of sp³-hybridized carbons (Fsp3) is 0.0588. The lowest BCUT2D eigenvalue weighted by Gasteiger charge is -2.06. The van der Waals surface area contributed by atoms with Gasteiger partial charge in [-0.05, 0) is 42.6 Å². The van der Waals surface area contributed by atoms with E-state index in [4.69, 9.17) is 0 Å². The van der Waals surface area contributed by atoms with Crippen molar-refractivity contribution in [2.24, 2.45) is 0 Å². The highest BCUT2D eigenvalue weighted by Gasteiger charge is 2.06. The van der Waals surface area contributed by atoms with Crippen molar-refractivity contribution in [2.45, 2.75) is 6.92 Å². The molecule has 0 radical (unpaired) electrons. The van der Waals surface area contributed by atoms with Crippen LogP contribution in [0, 0.1) is 6.92 Å². The van der Waals surface area contributed by atoms with E-state index in [2.05, 4.69) is 10.3 Å². The largest absolute Gasteiger partial charge is 0.322 e. The summed E-state index contributed by atoms with van der Waals surface area (Å²) in [4.78, 5) is 16.3. The molecule has 3 aromatic rings. The first-order chi connectivity index (χ1) is 9.72. The van der Waals surface area contributed by atoms with E-state index in [0.717, 1.165) is 16.5 Å². The molecule has 0 atom stereocenters. The highest BCUT2D eigenvalue weighted by atomic mass is 16.1. The summed E-state index contributed by atoms with van der Waals surface area (Å²) in [5, 5.41) is 4.93. The number of nitrogens with one attached hydrogen (secondary N) is 1. The second-order valence-electron chi connectivity index (χ2n) is 4.76. The molecule has 1 amide bonds. The van der Waals surface area contributed by atoms with Gasteiger partial charge >= 0.3 is 0 Å². The van der Waals surface area contributed by atoms with Crippen molar-refractivity contribution in [3.05, 3.63) is 72.1 Å². The van der Waals surface area contributed by atoms with E-state index in [1.54, 1.807) is 12.4 Å². The summed E-state index contributed by atoms with van der Waals surface area (Å²) < 4.78 is 0. The van der Waals surface area contributed by atoms with Crippen LogP contribution in [-0.2, 0) is 0 Å². The molecule has 3 rings (SSSR count). The van der Waals surface area contributed by atoms with Gasteiger partial charge in [-0.25, -0.2) is 0 Å². The molecule has 20 heavy (non-hydrogen) atoms. The number of aryl methyl sites for hydroxylation is 1. The van der Waals surface area contributed by atoms with Gasteiger partial charge in [0.25, 0.3) is 5.91 Å². The Morgan fingerprint density at radius 3 is 2.60 bits per heavy atom. The molecule has 0 aliphatic carbocycles. The minimum absolute atomic E-state index is 0.104. The Morgan fingerprint density at radius 1 is 1.00 bits per heavy atom. The zero-order valence-corrected chi connectivity index (χ0v) is 11.1. The zero-order valence-electron chi connectivity index (χ0n) is 11.1. The molecule has 0 fully saturated rings. The van der Waals surface area contributed by atoms with Gasteiger partial charge in [-0.2, -0.15) is 0 Å². The Hall–Kier alpha value is -2.68. The molecular formula is C17H14N2O. The first-order valence-corrected chi connectivity index (χ1v) is 6.44. The Bertz CT molecular complexity index is 763. The van der Waals surface area contributed by atoms with Crippen molar-refractivity contribution in [3.63, 3.8) is 0 Å². The summed E-state index contributed by atoms with van der Waals surface area (Å²) >= 11 is 0. The van der Waals surface area contributed by atoms with Crippen molar-refractivity contribution in [3.8, 4) is 0 Å². The molecule has 0 saturated carbocycles. The monoisotopic (exact) mass is 262 g/mol. The number of carbonyl (C=O) groups excluding carboxylic acids is 1. The van der Waals surface area contributed by atoms with E-state index in [-0.39, 0.29) is 5.91 Å². The topological polar surface area (TPSA) is 42.0 Å². The number of nitrogens with zero attached hydrogens (tertiary/aromatic N) is 1. The van der Waals surface area contributed by atoms with Gasteiger partial charge in [-0.3, -0.25) is 9.78 Å². The average molecular weight is 262 g/mol. The fourth-order valence-electron chi connectivity index (χ4n) is 2.06. The molecule has 1 aromatic heterocycles. The normalized spacial score (nSPS) is 10.4. The van der Waals surface area contributed by atoms with Crippen LogP contribution >= 0.6 is 0 Å². The van der Waals surface area contributed by atoms with Crippen molar-refractivity contribution < 1.29 is 4.79 Å². The van der Waals surface area contributed by atoms with Crippen LogP contribution in [0.15, 0.2) is 60.9 Å². The molecule has 3 heteroatoms. The number of hydrogen-bond acceptors (Lipinski definition) is 2. The number of pyridine rings is 1. The zero-order chi connectivity index (χ0) is 13.9. The average Bonchev–Trinajstić information content (AvgIpc) is 2.49. The van der Waals surface area contributed by atoms with Crippen LogP contribution in [0.1, 0.15) is 15.9 Å². The lowest BCUT2D eigenvalue weighted by atomic mass is 10.1. The highest BCUT2D eigenvalue weighted by Crippen LogP contribution is 2.16. The first kappa shape index (κ1) is 12.4. The lowest BCUT2D eigenvalue weighted by Crippen LogP contribution is -2.11. The molecule has 0 bridgehead atoms. The molecule has 0 aliphatic heterocycles. The van der Waals surface area contributed by atoms with Crippen LogP contribution in [0.4, 0.5) is 5.69 Å². The van der Waals surface area contributed by atoms with E-state index in [0.29, 0.717) is 5.56 Å². The van der Waals surface area contributed by atoms with Crippen LogP contribution in [0.2, 0.25) is 0 Å². The van der Waals surface area contributed by atoms with Crippen LogP contribution in [0.25, 0.3) is 10.8 Å². The van der Waals surface area contributed by atoms with Crippen LogP contribution in [0.5, 0.6) is 0 Å². The van der Waals surface area contributed by atoms with Gasteiger partial charge in [0, 0.05) is 29.0 Å². The van der Waals surface area contributed by atoms with E-state index in [1.807, 2.05) is 55.5 Å². The number of carbonyl (C=O) groups is 1. The van der Waals surface area contributed by atoms with E-state index in [9.17, 15) is 4.79 Å². The summed E-state index contributed by atoms with van der Waals surface area (Å²) in [5.41, 5.74) is 2.61. The second kappa shape index (κ2) is 5.13. The third-order valence-electron chi connectivity index (χ3n) is 3.21. The highest BCUT2D eigenvalue weighted by molar-refractivity contribution is 6.06. The molecule has 1 N–H and O–H groups in total. The summed E-state index contributed by atoms with van der Waals surface area (Å²) in [7, 11) is 0. The number of fused-ring (bicyclic) bond motifs is 1. The van der Waals surface area contributed by atoms with Gasteiger partial charge in [0.1, 0.15) is 0 Å². The minimum atomic E-state index is -0.104. The van der Waals surface area contributed by atoms with Crippen molar-refractivity contribution >= 4 is 22.4 Å². The molecule has 0 aliphatic rings. The molecular weight excluding hydrogens is 248 g/mol. The standard InChI is InChI=1S/C17H14N2O/c1-12-2-6-16(7-3-12)19-17(20)14-4-5-15-11-18-9-8-13(15)10-14/h2-11H,1H3,(H,19,20). The molecule has 98 valence electrons. The molecule has 1 heterocycles. The Kier molecular flexibility index (Phi) is 3.17. The minimum Gasteiger partial charge on any atom is -0.322 e. The quantitative estimate of drug-likeness (QED) is 0.763. The maximum atomic E-state index is 12.2. The third kappa shape index (κ3) is 2.52. The third-order valence-corrected chi connectivity index (χ3v) is 3.21. The smallest absolute Gasteiger partial charge is 0.255 e. The van der Waals surface area contributed by atoms with Gasteiger partial charge in [0.15, 0.2) is 0 Å². The van der Waals surface area contributed by atoms with E-state index in [1.165, 1.54) is 5.56 Å². The summed E-state index contributed by atoms with van der Waals surface area (Å²) in [6.45, 7) is 2.02. The SMILES string of the molecule is Cc1ccc(NC(=O)c2ccc3cnccc3c2)cc1. The molecule has 0 saturated heterocycles. The Balaban J connectivity index is 1.86. The molecule has 3 nitrogen and oxygen atoms in total. The predicted octanol–water partition coefficient (Wildman–Crippen LogP) is 3.80. The maximum Gasteiger partial charge on any atom is 0.255 e. The summed E-state index contributed by atoms with van der Waals surface area (Å²) in [6, 6.07) is 15.2. The molecule has 2 aromatic carbocycles. The number of hydrogen-bond donors (Lipinski definition) is 1. The number of anilines is 1. The van der Waals surface area contributed by atoms with E-state index < -0.39 is 0 Å². The van der Waals surface area contributed by atoms with Gasteiger partial charge in [-0.15, -0.1) is 0 Å². The summed E-state index contributed by atoms with van der Waals surface area (Å²) in [5.74, 6) is -0.104. The van der Waals surface area contributed by atoms with Crippen molar-refractivity contribution in [2.75, 3.05) is 5.32 Å². The van der Waals surface area contributed by atoms with Crippen LogP contribution in [0.3, 0.4) is 0 Å².